The number of rotatable bonds is 6. The molecule has 1 aliphatic rings. The van der Waals surface area contributed by atoms with Crippen molar-refractivity contribution in [3.8, 4) is 0 Å². The molecule has 162 valence electrons. The smallest absolute Gasteiger partial charge is 0.268 e. The molecule has 32 heavy (non-hydrogen) atoms. The molecule has 3 aromatic rings. The van der Waals surface area contributed by atoms with Gasteiger partial charge in [-0.05, 0) is 59.7 Å². The average Bonchev–Trinajstić information content (AvgIpc) is 3.04. The summed E-state index contributed by atoms with van der Waals surface area (Å²) in [5.41, 5.74) is 6.45. The first-order valence-electron chi connectivity index (χ1n) is 10.8. The highest BCUT2D eigenvalue weighted by atomic mass is 32.2. The van der Waals surface area contributed by atoms with Gasteiger partial charge < -0.3 is 0 Å². The summed E-state index contributed by atoms with van der Waals surface area (Å²) in [6.07, 6.45) is 0. The molecule has 0 unspecified atom stereocenters. The largest absolute Gasteiger partial charge is 0.272 e. The molecule has 0 saturated heterocycles. The third-order valence-corrected chi connectivity index (χ3v) is 7.03. The highest BCUT2D eigenvalue weighted by molar-refractivity contribution is 8.03. The van der Waals surface area contributed by atoms with E-state index in [0.717, 1.165) is 22.3 Å². The molecule has 1 aliphatic heterocycles. The Kier molecular flexibility index (Phi) is 6.33. The molecule has 0 atom stereocenters. The number of amides is 2. The predicted molar refractivity (Wildman–Crippen MR) is 134 cm³/mol. The van der Waals surface area contributed by atoms with Crippen LogP contribution in [0.4, 0.5) is 5.69 Å². The van der Waals surface area contributed by atoms with Crippen molar-refractivity contribution < 1.29 is 9.59 Å². The van der Waals surface area contributed by atoms with Crippen molar-refractivity contribution in [2.24, 2.45) is 0 Å². The van der Waals surface area contributed by atoms with Crippen molar-refractivity contribution in [2.45, 2.75) is 39.4 Å². The van der Waals surface area contributed by atoms with Crippen LogP contribution in [0.25, 0.3) is 5.57 Å². The van der Waals surface area contributed by atoms with E-state index in [2.05, 4.69) is 13.8 Å². The molecule has 0 spiro atoms. The van der Waals surface area contributed by atoms with Crippen LogP contribution in [0.5, 0.6) is 0 Å². The number of hydrogen-bond acceptors (Lipinski definition) is 3. The summed E-state index contributed by atoms with van der Waals surface area (Å²) in [5.74, 6) is 0.506. The molecular weight excluding hydrogens is 414 g/mol. The van der Waals surface area contributed by atoms with Crippen molar-refractivity contribution in [1.82, 2.24) is 0 Å². The van der Waals surface area contributed by atoms with Crippen molar-refractivity contribution in [3.63, 3.8) is 0 Å². The van der Waals surface area contributed by atoms with E-state index in [1.807, 2.05) is 86.6 Å². The van der Waals surface area contributed by atoms with Gasteiger partial charge in [0.15, 0.2) is 0 Å². The highest BCUT2D eigenvalue weighted by Crippen LogP contribution is 2.40. The minimum absolute atomic E-state index is 0.249. The second-order valence-corrected chi connectivity index (χ2v) is 9.45. The van der Waals surface area contributed by atoms with Gasteiger partial charge in [0, 0.05) is 5.75 Å². The first kappa shape index (κ1) is 22.1. The Balaban J connectivity index is 1.74. The molecule has 3 aromatic carbocycles. The van der Waals surface area contributed by atoms with E-state index in [0.29, 0.717) is 27.8 Å². The zero-order valence-electron chi connectivity index (χ0n) is 18.9. The molecule has 0 aromatic heterocycles. The topological polar surface area (TPSA) is 37.4 Å². The van der Waals surface area contributed by atoms with E-state index in [1.165, 1.54) is 22.2 Å². The molecule has 0 bridgehead atoms. The van der Waals surface area contributed by atoms with Crippen LogP contribution in [0.3, 0.4) is 0 Å². The van der Waals surface area contributed by atoms with E-state index in [-0.39, 0.29) is 11.8 Å². The fourth-order valence-electron chi connectivity index (χ4n) is 3.77. The van der Waals surface area contributed by atoms with Crippen molar-refractivity contribution in [2.75, 3.05) is 4.90 Å². The molecule has 0 aliphatic carbocycles. The second-order valence-electron chi connectivity index (χ2n) is 8.47. The number of nitrogens with zero attached hydrogens (tertiary/aromatic N) is 1. The highest BCUT2D eigenvalue weighted by Gasteiger charge is 2.40. The monoisotopic (exact) mass is 441 g/mol. The molecule has 1 heterocycles. The summed E-state index contributed by atoms with van der Waals surface area (Å²) in [4.78, 5) is 28.9. The van der Waals surface area contributed by atoms with Crippen molar-refractivity contribution >= 4 is 34.8 Å². The van der Waals surface area contributed by atoms with Gasteiger partial charge in [-0.1, -0.05) is 74.5 Å². The first-order chi connectivity index (χ1) is 15.4. The van der Waals surface area contributed by atoms with Gasteiger partial charge in [0.2, 0.25) is 0 Å². The second kappa shape index (κ2) is 9.17. The summed E-state index contributed by atoms with van der Waals surface area (Å²) in [6.45, 7) is 8.32. The van der Waals surface area contributed by atoms with Crippen molar-refractivity contribution in [1.29, 1.82) is 0 Å². The molecule has 4 heteroatoms. The van der Waals surface area contributed by atoms with E-state index < -0.39 is 0 Å². The zero-order chi connectivity index (χ0) is 22.8. The maximum atomic E-state index is 13.6. The lowest BCUT2D eigenvalue weighted by molar-refractivity contribution is -0.119. The summed E-state index contributed by atoms with van der Waals surface area (Å²) < 4.78 is 0. The lowest BCUT2D eigenvalue weighted by Gasteiger charge is -2.16. The van der Waals surface area contributed by atoms with Crippen LogP contribution in [0, 0.1) is 13.8 Å². The van der Waals surface area contributed by atoms with Gasteiger partial charge >= 0.3 is 0 Å². The molecule has 2 amide bonds. The van der Waals surface area contributed by atoms with E-state index in [9.17, 15) is 9.59 Å². The quantitative estimate of drug-likeness (QED) is 0.402. The molecule has 0 fully saturated rings. The fraction of sp³-hybridized carbons (Fsp3) is 0.214. The Labute approximate surface area is 194 Å². The fourth-order valence-corrected chi connectivity index (χ4v) is 4.84. The normalized spacial score (nSPS) is 14.1. The Morgan fingerprint density at radius 2 is 1.50 bits per heavy atom. The lowest BCUT2D eigenvalue weighted by Crippen LogP contribution is -2.31. The molecule has 3 nitrogen and oxygen atoms in total. The van der Waals surface area contributed by atoms with Gasteiger partial charge in [0.25, 0.3) is 11.8 Å². The van der Waals surface area contributed by atoms with Crippen molar-refractivity contribution in [3.05, 3.63) is 106 Å². The van der Waals surface area contributed by atoms with Gasteiger partial charge in [-0.3, -0.25) is 9.59 Å². The third-order valence-electron chi connectivity index (χ3n) is 5.88. The minimum atomic E-state index is -0.258. The predicted octanol–water partition coefficient (Wildman–Crippen LogP) is 6.64. The van der Waals surface area contributed by atoms with E-state index in [1.54, 1.807) is 0 Å². The van der Waals surface area contributed by atoms with Gasteiger partial charge in [-0.25, -0.2) is 4.90 Å². The Hall–Kier alpha value is -3.11. The van der Waals surface area contributed by atoms with Gasteiger partial charge in [0.1, 0.15) is 0 Å². The van der Waals surface area contributed by atoms with Crippen LogP contribution >= 0.6 is 11.8 Å². The molecular formula is C28H27NO2S. The number of carbonyl (C=O) groups is 2. The number of thioether (sulfide) groups is 1. The summed E-state index contributed by atoms with van der Waals surface area (Å²) in [6, 6.07) is 23.7. The standard InChI is InChI=1S/C28H27NO2S/c1-18(2)22-12-14-24(15-13-22)29-27(30)25(23-11-10-19(3)20(4)16-23)26(28(29)31)32-17-21-8-6-5-7-9-21/h5-16,18H,17H2,1-4H3. The average molecular weight is 442 g/mol. The van der Waals surface area contributed by atoms with Crippen LogP contribution in [0.1, 0.15) is 47.6 Å². The van der Waals surface area contributed by atoms with Crippen LogP contribution in [0.15, 0.2) is 77.7 Å². The number of carbonyl (C=O) groups excluding carboxylic acids is 2. The molecule has 4 rings (SSSR count). The SMILES string of the molecule is Cc1ccc(C2=C(SCc3ccccc3)C(=O)N(c3ccc(C(C)C)cc3)C2=O)cc1C. The third kappa shape index (κ3) is 4.28. The van der Waals surface area contributed by atoms with Gasteiger partial charge in [-0.2, -0.15) is 0 Å². The Bertz CT molecular complexity index is 1190. The number of aryl methyl sites for hydroxylation is 2. The first-order valence-corrected chi connectivity index (χ1v) is 11.8. The van der Waals surface area contributed by atoms with Crippen LogP contribution in [-0.2, 0) is 15.3 Å². The Morgan fingerprint density at radius 1 is 0.812 bits per heavy atom. The maximum absolute atomic E-state index is 13.6. The molecule has 0 saturated carbocycles. The summed E-state index contributed by atoms with van der Waals surface area (Å²) >= 11 is 1.44. The minimum Gasteiger partial charge on any atom is -0.268 e. The number of hydrogen-bond donors (Lipinski definition) is 0. The Morgan fingerprint density at radius 3 is 2.12 bits per heavy atom. The maximum Gasteiger partial charge on any atom is 0.272 e. The molecule has 0 radical (unpaired) electrons. The van der Waals surface area contributed by atoms with E-state index >= 15 is 0 Å². The lowest BCUT2D eigenvalue weighted by atomic mass is 10.0. The number of anilines is 1. The zero-order valence-corrected chi connectivity index (χ0v) is 19.7. The van der Waals surface area contributed by atoms with Crippen LogP contribution < -0.4 is 4.90 Å². The van der Waals surface area contributed by atoms with Gasteiger partial charge in [-0.15, -0.1) is 11.8 Å². The molecule has 0 N–H and O–H groups in total. The van der Waals surface area contributed by atoms with Crippen LogP contribution in [0.2, 0.25) is 0 Å². The summed E-state index contributed by atoms with van der Waals surface area (Å²) in [5, 5.41) is 0. The number of imide groups is 1. The van der Waals surface area contributed by atoms with Crippen LogP contribution in [-0.4, -0.2) is 11.8 Å². The van der Waals surface area contributed by atoms with E-state index in [4.69, 9.17) is 0 Å². The van der Waals surface area contributed by atoms with Gasteiger partial charge in [0.05, 0.1) is 16.2 Å². The number of benzene rings is 3. The summed E-state index contributed by atoms with van der Waals surface area (Å²) in [7, 11) is 0.